The number of ether oxygens (including phenoxy) is 1. The molecule has 0 spiro atoms. The Balaban J connectivity index is 1.75. The van der Waals surface area contributed by atoms with Gasteiger partial charge in [-0.2, -0.15) is 0 Å². The number of carbonyl (C=O) groups excluding carboxylic acids is 2. The van der Waals surface area contributed by atoms with Gasteiger partial charge in [-0.15, -0.1) is 0 Å². The number of aryl methyl sites for hydroxylation is 1. The van der Waals surface area contributed by atoms with Crippen molar-refractivity contribution >= 4 is 23.3 Å². The van der Waals surface area contributed by atoms with Crippen LogP contribution in [-0.4, -0.2) is 30.5 Å². The van der Waals surface area contributed by atoms with Crippen molar-refractivity contribution in [3.63, 3.8) is 0 Å². The Hall–Kier alpha value is -3.67. The molecular formula is C25H25N3O3. The van der Waals surface area contributed by atoms with Crippen LogP contribution in [0.4, 0.5) is 11.4 Å². The molecule has 1 unspecified atom stereocenters. The summed E-state index contributed by atoms with van der Waals surface area (Å²) in [5.74, 6) is -0.314. The van der Waals surface area contributed by atoms with E-state index in [2.05, 4.69) is 16.4 Å². The second-order valence-corrected chi connectivity index (χ2v) is 7.69. The summed E-state index contributed by atoms with van der Waals surface area (Å²) in [6.07, 6.45) is 4.35. The summed E-state index contributed by atoms with van der Waals surface area (Å²) >= 11 is 0. The van der Waals surface area contributed by atoms with Crippen LogP contribution in [0, 0.1) is 6.92 Å². The van der Waals surface area contributed by atoms with E-state index < -0.39 is 0 Å². The number of esters is 1. The van der Waals surface area contributed by atoms with Crippen molar-refractivity contribution in [2.24, 2.45) is 0 Å². The summed E-state index contributed by atoms with van der Waals surface area (Å²) < 4.78 is 4.83. The van der Waals surface area contributed by atoms with Crippen molar-refractivity contribution in [1.82, 2.24) is 4.98 Å². The van der Waals surface area contributed by atoms with Gasteiger partial charge in [0.15, 0.2) is 0 Å². The highest BCUT2D eigenvalue weighted by atomic mass is 16.5. The maximum absolute atomic E-state index is 12.2. The summed E-state index contributed by atoms with van der Waals surface area (Å²) in [6, 6.07) is 15.7. The number of anilines is 2. The van der Waals surface area contributed by atoms with Crippen LogP contribution >= 0.6 is 0 Å². The number of nitrogens with zero attached hydrogens (tertiary/aromatic N) is 2. The van der Waals surface area contributed by atoms with Crippen LogP contribution in [-0.2, 0) is 9.53 Å². The lowest BCUT2D eigenvalue weighted by molar-refractivity contribution is -0.116. The zero-order valence-electron chi connectivity index (χ0n) is 17.9. The Bertz CT molecular complexity index is 1130. The molecule has 1 atom stereocenters. The fourth-order valence-electron chi connectivity index (χ4n) is 4.14. The van der Waals surface area contributed by atoms with Crippen molar-refractivity contribution < 1.29 is 14.3 Å². The fraction of sp³-hybridized carbons (Fsp3) is 0.240. The number of benzene rings is 2. The van der Waals surface area contributed by atoms with Gasteiger partial charge in [0.05, 0.1) is 24.4 Å². The number of hydrogen-bond acceptors (Lipinski definition) is 5. The maximum Gasteiger partial charge on any atom is 0.337 e. The summed E-state index contributed by atoms with van der Waals surface area (Å²) in [4.78, 5) is 30.1. The smallest absolute Gasteiger partial charge is 0.337 e. The third-order valence-corrected chi connectivity index (χ3v) is 5.68. The third kappa shape index (κ3) is 4.14. The zero-order chi connectivity index (χ0) is 22.0. The lowest BCUT2D eigenvalue weighted by atomic mass is 9.90. The summed E-state index contributed by atoms with van der Waals surface area (Å²) in [5, 5.41) is 3.56. The molecule has 0 saturated heterocycles. The van der Waals surface area contributed by atoms with Gasteiger partial charge >= 0.3 is 5.97 Å². The first-order valence-corrected chi connectivity index (χ1v) is 10.3. The normalized spacial score (nSPS) is 15.2. The Kier molecular flexibility index (Phi) is 5.71. The molecule has 0 saturated carbocycles. The first-order valence-electron chi connectivity index (χ1n) is 10.3. The van der Waals surface area contributed by atoms with Gasteiger partial charge in [-0.1, -0.05) is 12.1 Å². The Morgan fingerprint density at radius 1 is 1.16 bits per heavy atom. The summed E-state index contributed by atoms with van der Waals surface area (Å²) in [5.41, 5.74) is 6.52. The predicted octanol–water partition coefficient (Wildman–Crippen LogP) is 4.75. The highest BCUT2D eigenvalue weighted by molar-refractivity contribution is 5.94. The molecule has 31 heavy (non-hydrogen) atoms. The van der Waals surface area contributed by atoms with E-state index in [0.29, 0.717) is 12.1 Å². The lowest BCUT2D eigenvalue weighted by Crippen LogP contribution is -2.36. The van der Waals surface area contributed by atoms with E-state index in [-0.39, 0.29) is 17.9 Å². The molecule has 0 aliphatic carbocycles. The molecule has 158 valence electrons. The highest BCUT2D eigenvalue weighted by Crippen LogP contribution is 2.39. The standard InChI is InChI=1S/C25H25N3O3/c1-16-13-19(25(30)31-3)6-8-21(16)18-7-9-24-22(14-18)23(10-12-28(24)17(2)29)27-20-5-4-11-26-15-20/h4-9,11,13-15,23,27H,10,12H2,1-3H3. The molecule has 1 aliphatic heterocycles. The van der Waals surface area contributed by atoms with Gasteiger partial charge in [-0.25, -0.2) is 4.79 Å². The largest absolute Gasteiger partial charge is 0.465 e. The minimum absolute atomic E-state index is 0.0347. The number of aromatic nitrogens is 1. The minimum Gasteiger partial charge on any atom is -0.465 e. The monoisotopic (exact) mass is 415 g/mol. The summed E-state index contributed by atoms with van der Waals surface area (Å²) in [7, 11) is 1.38. The number of pyridine rings is 1. The molecular weight excluding hydrogens is 390 g/mol. The molecule has 4 rings (SSSR count). The minimum atomic E-state index is -0.349. The van der Waals surface area contributed by atoms with Gasteiger partial charge in [-0.05, 0) is 72.0 Å². The van der Waals surface area contributed by atoms with E-state index >= 15 is 0 Å². The highest BCUT2D eigenvalue weighted by Gasteiger charge is 2.28. The van der Waals surface area contributed by atoms with E-state index in [0.717, 1.165) is 40.0 Å². The van der Waals surface area contributed by atoms with E-state index in [1.54, 1.807) is 25.4 Å². The molecule has 1 amide bonds. The molecule has 2 heterocycles. The Labute approximate surface area is 181 Å². The molecule has 6 heteroatoms. The molecule has 0 radical (unpaired) electrons. The average Bonchev–Trinajstić information content (AvgIpc) is 2.79. The first kappa shape index (κ1) is 20.6. The molecule has 0 fully saturated rings. The van der Waals surface area contributed by atoms with Gasteiger partial charge in [0.25, 0.3) is 0 Å². The van der Waals surface area contributed by atoms with Gasteiger partial charge in [0.1, 0.15) is 0 Å². The molecule has 1 N–H and O–H groups in total. The number of nitrogens with one attached hydrogen (secondary N) is 1. The first-order chi connectivity index (χ1) is 15.0. The molecule has 0 bridgehead atoms. The SMILES string of the molecule is COC(=O)c1ccc(-c2ccc3c(c2)C(Nc2cccnc2)CCN3C(C)=O)c(C)c1. The zero-order valence-corrected chi connectivity index (χ0v) is 17.9. The molecule has 2 aromatic carbocycles. The van der Waals surface area contributed by atoms with E-state index in [9.17, 15) is 9.59 Å². The van der Waals surface area contributed by atoms with Crippen molar-refractivity contribution in [2.75, 3.05) is 23.9 Å². The van der Waals surface area contributed by atoms with Crippen molar-refractivity contribution in [3.05, 3.63) is 77.6 Å². The van der Waals surface area contributed by atoms with E-state index in [4.69, 9.17) is 4.74 Å². The maximum atomic E-state index is 12.2. The Morgan fingerprint density at radius 2 is 2.00 bits per heavy atom. The third-order valence-electron chi connectivity index (χ3n) is 5.68. The van der Waals surface area contributed by atoms with Crippen LogP contribution in [0.15, 0.2) is 60.9 Å². The molecule has 1 aliphatic rings. The van der Waals surface area contributed by atoms with Crippen molar-refractivity contribution in [3.8, 4) is 11.1 Å². The average molecular weight is 415 g/mol. The van der Waals surface area contributed by atoms with Crippen LogP contribution in [0.2, 0.25) is 0 Å². The quantitative estimate of drug-likeness (QED) is 0.623. The summed E-state index contributed by atoms with van der Waals surface area (Å²) in [6.45, 7) is 4.24. The van der Waals surface area contributed by atoms with Crippen LogP contribution < -0.4 is 10.2 Å². The number of amides is 1. The number of fused-ring (bicyclic) bond motifs is 1. The molecule has 6 nitrogen and oxygen atoms in total. The van der Waals surface area contributed by atoms with Gasteiger partial charge in [0, 0.05) is 31.5 Å². The van der Waals surface area contributed by atoms with Crippen LogP contribution in [0.1, 0.15) is 40.9 Å². The number of carbonyl (C=O) groups is 2. The van der Waals surface area contributed by atoms with Crippen LogP contribution in [0.25, 0.3) is 11.1 Å². The fourth-order valence-corrected chi connectivity index (χ4v) is 4.14. The van der Waals surface area contributed by atoms with Gasteiger partial charge in [-0.3, -0.25) is 9.78 Å². The van der Waals surface area contributed by atoms with Gasteiger partial charge in [0.2, 0.25) is 5.91 Å². The number of rotatable bonds is 4. The van der Waals surface area contributed by atoms with E-state index in [1.807, 2.05) is 48.2 Å². The van der Waals surface area contributed by atoms with Crippen LogP contribution in [0.3, 0.4) is 0 Å². The van der Waals surface area contributed by atoms with Crippen molar-refractivity contribution in [2.45, 2.75) is 26.3 Å². The molecule has 3 aromatic rings. The Morgan fingerprint density at radius 3 is 2.68 bits per heavy atom. The number of methoxy groups -OCH3 is 1. The second kappa shape index (κ2) is 8.60. The van der Waals surface area contributed by atoms with Crippen LogP contribution in [0.5, 0.6) is 0 Å². The predicted molar refractivity (Wildman–Crippen MR) is 121 cm³/mol. The van der Waals surface area contributed by atoms with Crippen molar-refractivity contribution in [1.29, 1.82) is 0 Å². The van der Waals surface area contributed by atoms with Gasteiger partial charge < -0.3 is 15.0 Å². The molecule has 1 aromatic heterocycles. The topological polar surface area (TPSA) is 71.5 Å². The number of hydrogen-bond donors (Lipinski definition) is 1. The van der Waals surface area contributed by atoms with E-state index in [1.165, 1.54) is 7.11 Å². The lowest BCUT2D eigenvalue weighted by Gasteiger charge is -2.35. The second-order valence-electron chi connectivity index (χ2n) is 7.69.